The molecule has 1 saturated heterocycles. The summed E-state index contributed by atoms with van der Waals surface area (Å²) < 4.78 is 29.9. The second-order valence-electron chi connectivity index (χ2n) is 4.06. The molecule has 6 nitrogen and oxygen atoms in total. The lowest BCUT2D eigenvalue weighted by molar-refractivity contribution is 0.176. The molecule has 17 heavy (non-hydrogen) atoms. The van der Waals surface area contributed by atoms with E-state index in [1.807, 2.05) is 0 Å². The summed E-state index contributed by atoms with van der Waals surface area (Å²) in [5, 5.41) is 11.8. The fourth-order valence-corrected chi connectivity index (χ4v) is 2.97. The highest BCUT2D eigenvalue weighted by Crippen LogP contribution is 2.10. The predicted octanol–water partition coefficient (Wildman–Crippen LogP) is -0.460. The van der Waals surface area contributed by atoms with Crippen molar-refractivity contribution < 1.29 is 13.2 Å². The Morgan fingerprint density at radius 2 is 2.35 bits per heavy atom. The summed E-state index contributed by atoms with van der Waals surface area (Å²) in [4.78, 5) is 0. The van der Waals surface area contributed by atoms with Crippen molar-refractivity contribution in [1.82, 2.24) is 9.62 Å². The van der Waals surface area contributed by atoms with Gasteiger partial charge in [-0.05, 0) is 19.4 Å². The largest absolute Gasteiger partial charge is 0.383 e. The molecule has 1 aliphatic heterocycles. The number of hydrogen-bond acceptors (Lipinski definition) is 5. The fraction of sp³-hybridized carbons (Fsp3) is 0.900. The number of rotatable bonds is 7. The summed E-state index contributed by atoms with van der Waals surface area (Å²) in [5.41, 5.74) is 0. The van der Waals surface area contributed by atoms with Crippen LogP contribution in [0.25, 0.3) is 0 Å². The standard InChI is InChI=1S/C10H19N3O3S/c1-16-7-6-13(17(14,15)8-4-11)9-10-3-2-5-12-10/h10,12H,2-3,5-9H2,1H3. The van der Waals surface area contributed by atoms with Gasteiger partial charge in [0, 0.05) is 26.2 Å². The number of nitrogens with one attached hydrogen (secondary N) is 1. The van der Waals surface area contributed by atoms with Crippen molar-refractivity contribution in [3.05, 3.63) is 0 Å². The third-order valence-electron chi connectivity index (χ3n) is 2.77. The van der Waals surface area contributed by atoms with Gasteiger partial charge in [0.2, 0.25) is 10.0 Å². The Balaban J connectivity index is 2.62. The lowest BCUT2D eigenvalue weighted by Gasteiger charge is -2.23. The van der Waals surface area contributed by atoms with Gasteiger partial charge in [-0.3, -0.25) is 0 Å². The first-order valence-electron chi connectivity index (χ1n) is 5.67. The van der Waals surface area contributed by atoms with Gasteiger partial charge in [-0.25, -0.2) is 8.42 Å². The van der Waals surface area contributed by atoms with Gasteiger partial charge in [-0.15, -0.1) is 0 Å². The molecule has 0 aromatic heterocycles. The van der Waals surface area contributed by atoms with Crippen LogP contribution in [0.15, 0.2) is 0 Å². The molecule has 1 aliphatic rings. The van der Waals surface area contributed by atoms with Crippen molar-refractivity contribution in [3.63, 3.8) is 0 Å². The first kappa shape index (κ1) is 14.4. The van der Waals surface area contributed by atoms with E-state index in [0.717, 1.165) is 19.4 Å². The fourth-order valence-electron chi connectivity index (χ4n) is 1.87. The van der Waals surface area contributed by atoms with Gasteiger partial charge in [-0.2, -0.15) is 9.57 Å². The van der Waals surface area contributed by atoms with Crippen LogP contribution in [0.2, 0.25) is 0 Å². The van der Waals surface area contributed by atoms with Crippen LogP contribution < -0.4 is 5.32 Å². The molecule has 0 amide bonds. The van der Waals surface area contributed by atoms with Crippen molar-refractivity contribution in [1.29, 1.82) is 5.26 Å². The maximum absolute atomic E-state index is 11.8. The molecule has 0 aliphatic carbocycles. The average Bonchev–Trinajstić information content (AvgIpc) is 2.76. The van der Waals surface area contributed by atoms with Crippen LogP contribution >= 0.6 is 0 Å². The lowest BCUT2D eigenvalue weighted by Crippen LogP contribution is -2.43. The van der Waals surface area contributed by atoms with E-state index >= 15 is 0 Å². The highest BCUT2D eigenvalue weighted by molar-refractivity contribution is 7.89. The first-order valence-corrected chi connectivity index (χ1v) is 7.28. The maximum atomic E-state index is 11.8. The minimum atomic E-state index is -3.48. The van der Waals surface area contributed by atoms with E-state index < -0.39 is 15.8 Å². The third-order valence-corrected chi connectivity index (χ3v) is 4.38. The molecule has 1 atom stereocenters. The van der Waals surface area contributed by atoms with E-state index in [0.29, 0.717) is 19.7 Å². The Hall–Kier alpha value is -0.680. The second kappa shape index (κ2) is 6.91. The SMILES string of the molecule is COCCN(CC1CCCN1)S(=O)(=O)CC#N. The molecule has 0 aromatic rings. The molecule has 7 heteroatoms. The van der Waals surface area contributed by atoms with Crippen LogP contribution in [-0.4, -0.2) is 57.9 Å². The third kappa shape index (κ3) is 4.60. The predicted molar refractivity (Wildman–Crippen MR) is 63.9 cm³/mol. The monoisotopic (exact) mass is 261 g/mol. The summed E-state index contributed by atoms with van der Waals surface area (Å²) >= 11 is 0. The summed E-state index contributed by atoms with van der Waals surface area (Å²) in [6.45, 7) is 2.00. The van der Waals surface area contributed by atoms with Crippen molar-refractivity contribution in [3.8, 4) is 6.07 Å². The van der Waals surface area contributed by atoms with Gasteiger partial charge in [0.1, 0.15) is 0 Å². The molecule has 0 saturated carbocycles. The summed E-state index contributed by atoms with van der Waals surface area (Å²) in [6.07, 6.45) is 2.05. The molecule has 0 radical (unpaired) electrons. The Labute approximate surface area is 103 Å². The number of nitriles is 1. The molecule has 0 aromatic carbocycles. The van der Waals surface area contributed by atoms with E-state index in [1.165, 1.54) is 11.4 Å². The normalized spacial score (nSPS) is 20.6. The van der Waals surface area contributed by atoms with E-state index in [2.05, 4.69) is 5.32 Å². The Bertz CT molecular complexity index is 357. The van der Waals surface area contributed by atoms with Crippen molar-refractivity contribution >= 4 is 10.0 Å². The Morgan fingerprint density at radius 1 is 1.59 bits per heavy atom. The van der Waals surface area contributed by atoms with Gasteiger partial charge >= 0.3 is 0 Å². The van der Waals surface area contributed by atoms with Crippen LogP contribution in [-0.2, 0) is 14.8 Å². The van der Waals surface area contributed by atoms with E-state index in [-0.39, 0.29) is 6.04 Å². The van der Waals surface area contributed by atoms with E-state index in [4.69, 9.17) is 10.00 Å². The maximum Gasteiger partial charge on any atom is 0.227 e. The average molecular weight is 261 g/mol. The molecule has 1 heterocycles. The quantitative estimate of drug-likeness (QED) is 0.670. The molecule has 1 N–H and O–H groups in total. The molecule has 1 fully saturated rings. The lowest BCUT2D eigenvalue weighted by atomic mass is 10.2. The number of nitrogens with zero attached hydrogens (tertiary/aromatic N) is 2. The minimum absolute atomic E-state index is 0.195. The molecule has 0 spiro atoms. The molecule has 1 unspecified atom stereocenters. The Kier molecular flexibility index (Phi) is 5.85. The molecule has 98 valence electrons. The number of hydrogen-bond donors (Lipinski definition) is 1. The van der Waals surface area contributed by atoms with Crippen molar-refractivity contribution in [2.24, 2.45) is 0 Å². The summed E-state index contributed by atoms with van der Waals surface area (Å²) in [5.74, 6) is -0.469. The van der Waals surface area contributed by atoms with Crippen molar-refractivity contribution in [2.75, 3.05) is 39.1 Å². The zero-order chi connectivity index (χ0) is 12.7. The zero-order valence-corrected chi connectivity index (χ0v) is 10.9. The first-order chi connectivity index (χ1) is 8.10. The van der Waals surface area contributed by atoms with Crippen LogP contribution in [0.1, 0.15) is 12.8 Å². The van der Waals surface area contributed by atoms with Gasteiger partial charge in [0.25, 0.3) is 0 Å². The zero-order valence-electron chi connectivity index (χ0n) is 10.1. The van der Waals surface area contributed by atoms with Crippen LogP contribution in [0, 0.1) is 11.3 Å². The van der Waals surface area contributed by atoms with E-state index in [1.54, 1.807) is 6.07 Å². The van der Waals surface area contributed by atoms with E-state index in [9.17, 15) is 8.42 Å². The number of ether oxygens (including phenoxy) is 1. The Morgan fingerprint density at radius 3 is 2.88 bits per heavy atom. The highest BCUT2D eigenvalue weighted by atomic mass is 32.2. The molecular formula is C10H19N3O3S. The van der Waals surface area contributed by atoms with Gasteiger partial charge in [0.15, 0.2) is 5.75 Å². The smallest absolute Gasteiger partial charge is 0.227 e. The highest BCUT2D eigenvalue weighted by Gasteiger charge is 2.26. The topological polar surface area (TPSA) is 82.4 Å². The van der Waals surface area contributed by atoms with Crippen molar-refractivity contribution in [2.45, 2.75) is 18.9 Å². The van der Waals surface area contributed by atoms with Crippen LogP contribution in [0.3, 0.4) is 0 Å². The molecular weight excluding hydrogens is 242 g/mol. The summed E-state index contributed by atoms with van der Waals surface area (Å²) in [6, 6.07) is 1.89. The van der Waals surface area contributed by atoms with Gasteiger partial charge < -0.3 is 10.1 Å². The molecule has 1 rings (SSSR count). The van der Waals surface area contributed by atoms with Crippen LogP contribution in [0.4, 0.5) is 0 Å². The van der Waals surface area contributed by atoms with Gasteiger partial charge in [0.05, 0.1) is 12.7 Å². The number of sulfonamides is 1. The van der Waals surface area contributed by atoms with Gasteiger partial charge in [-0.1, -0.05) is 0 Å². The van der Waals surface area contributed by atoms with Crippen LogP contribution in [0.5, 0.6) is 0 Å². The second-order valence-corrected chi connectivity index (χ2v) is 6.03. The number of methoxy groups -OCH3 is 1. The summed E-state index contributed by atoms with van der Waals surface area (Å²) in [7, 11) is -1.95. The minimum Gasteiger partial charge on any atom is -0.383 e. The molecule has 0 bridgehead atoms.